The average Bonchev–Trinajstić information content (AvgIpc) is 3.36. The van der Waals surface area contributed by atoms with Crippen molar-refractivity contribution in [3.63, 3.8) is 0 Å². The Bertz CT molecular complexity index is 1210. The molecule has 5 rings (SSSR count). The van der Waals surface area contributed by atoms with Crippen molar-refractivity contribution in [1.29, 1.82) is 0 Å². The van der Waals surface area contributed by atoms with Crippen LogP contribution in [0.1, 0.15) is 17.0 Å². The Morgan fingerprint density at radius 1 is 1.00 bits per heavy atom. The Hall–Kier alpha value is -2.63. The zero-order valence-electron chi connectivity index (χ0n) is 20.1. The molecule has 0 saturated carbocycles. The maximum absolute atomic E-state index is 13.6. The van der Waals surface area contributed by atoms with Crippen LogP contribution in [0.2, 0.25) is 5.02 Å². The largest absolute Gasteiger partial charge is 0.295 e. The fraction of sp³-hybridized carbons (Fsp3) is 0.231. The van der Waals surface area contributed by atoms with Crippen molar-refractivity contribution in [3.8, 4) is 0 Å². The van der Waals surface area contributed by atoms with Crippen LogP contribution < -0.4 is 9.86 Å². The fourth-order valence-electron chi connectivity index (χ4n) is 3.97. The number of benzene rings is 3. The van der Waals surface area contributed by atoms with E-state index >= 15 is 0 Å². The first-order valence-electron chi connectivity index (χ1n) is 11.5. The molecule has 0 aromatic heterocycles. The van der Waals surface area contributed by atoms with E-state index < -0.39 is 0 Å². The molecule has 2 aliphatic rings. The van der Waals surface area contributed by atoms with Gasteiger partial charge < -0.3 is 0 Å². The minimum absolute atomic E-state index is 0.0201. The van der Waals surface area contributed by atoms with Crippen molar-refractivity contribution in [1.82, 2.24) is 14.0 Å². The van der Waals surface area contributed by atoms with Crippen molar-refractivity contribution < 1.29 is 8.78 Å². The molecule has 0 spiro atoms. The van der Waals surface area contributed by atoms with E-state index in [-0.39, 0.29) is 17.8 Å². The molecule has 1 saturated heterocycles. The molecule has 0 aliphatic carbocycles. The fourth-order valence-corrected chi connectivity index (χ4v) is 5.25. The smallest absolute Gasteiger partial charge is 0.225 e. The van der Waals surface area contributed by atoms with Crippen LogP contribution in [0.5, 0.6) is 0 Å². The zero-order valence-corrected chi connectivity index (χ0v) is 22.5. The molecule has 0 amide bonds. The Kier molecular flexibility index (Phi) is 9.81. The van der Waals surface area contributed by atoms with Gasteiger partial charge >= 0.3 is 0 Å². The van der Waals surface area contributed by atoms with Crippen LogP contribution in [-0.2, 0) is 0 Å². The molecule has 2 heterocycles. The summed E-state index contributed by atoms with van der Waals surface area (Å²) in [5, 5.41) is 13.3. The van der Waals surface area contributed by atoms with Gasteiger partial charge in [-0.3, -0.25) is 14.3 Å². The van der Waals surface area contributed by atoms with Gasteiger partial charge in [-0.15, -0.1) is 0 Å². The zero-order chi connectivity index (χ0) is 26.2. The van der Waals surface area contributed by atoms with Crippen LogP contribution in [0.25, 0.3) is 0 Å². The first kappa shape index (κ1) is 27.4. The molecule has 37 heavy (non-hydrogen) atoms. The highest BCUT2D eigenvalue weighted by molar-refractivity contribution is 7.98. The molecule has 2 aliphatic heterocycles. The Labute approximate surface area is 229 Å². The van der Waals surface area contributed by atoms with Crippen molar-refractivity contribution in [2.45, 2.75) is 16.9 Å². The van der Waals surface area contributed by atoms with E-state index in [4.69, 9.17) is 26.8 Å². The molecule has 0 radical (unpaired) electrons. The first-order valence-corrected chi connectivity index (χ1v) is 13.5. The SMILES string of the molecule is CF.NSN1CC(N=C(NSc2ccc(Cl)cc2)N2CC(c3ccccc3)C(c3ccc(F)cc3)=N2)C1. The second-order valence-corrected chi connectivity index (χ2v) is 10.3. The van der Waals surface area contributed by atoms with E-state index in [0.717, 1.165) is 34.8 Å². The van der Waals surface area contributed by atoms with Gasteiger partial charge in [0.15, 0.2) is 0 Å². The molecular formula is C26H27ClF2N6S2. The summed E-state index contributed by atoms with van der Waals surface area (Å²) in [6.07, 6.45) is 0. The summed E-state index contributed by atoms with van der Waals surface area (Å²) in [5.74, 6) is 0.428. The van der Waals surface area contributed by atoms with Gasteiger partial charge in [0.1, 0.15) is 5.82 Å². The van der Waals surface area contributed by atoms with E-state index in [2.05, 4.69) is 21.2 Å². The molecule has 3 aromatic carbocycles. The predicted molar refractivity (Wildman–Crippen MR) is 151 cm³/mol. The van der Waals surface area contributed by atoms with Gasteiger partial charge in [0, 0.05) is 41.1 Å². The van der Waals surface area contributed by atoms with E-state index in [1.54, 1.807) is 12.1 Å². The van der Waals surface area contributed by atoms with E-state index in [9.17, 15) is 8.78 Å². The number of alkyl halides is 1. The molecular weight excluding hydrogens is 534 g/mol. The third-order valence-corrected chi connectivity index (χ3v) is 7.50. The van der Waals surface area contributed by atoms with E-state index in [1.165, 1.54) is 36.2 Å². The van der Waals surface area contributed by atoms with Gasteiger partial charge in [0.05, 0.1) is 25.5 Å². The number of guanidine groups is 1. The lowest BCUT2D eigenvalue weighted by molar-refractivity contribution is 0.290. The van der Waals surface area contributed by atoms with Crippen molar-refractivity contribution in [2.24, 2.45) is 15.2 Å². The molecule has 3 aromatic rings. The molecule has 1 atom stereocenters. The molecule has 1 unspecified atom stereocenters. The van der Waals surface area contributed by atoms with Crippen LogP contribution in [0.4, 0.5) is 8.78 Å². The number of aliphatic imine (C=N–C) groups is 1. The van der Waals surface area contributed by atoms with Crippen LogP contribution in [0, 0.1) is 5.82 Å². The lowest BCUT2D eigenvalue weighted by Gasteiger charge is -2.34. The second-order valence-electron chi connectivity index (χ2n) is 8.25. The van der Waals surface area contributed by atoms with Crippen LogP contribution in [-0.4, -0.2) is 53.8 Å². The monoisotopic (exact) mass is 560 g/mol. The van der Waals surface area contributed by atoms with Gasteiger partial charge in [-0.1, -0.05) is 54.1 Å². The summed E-state index contributed by atoms with van der Waals surface area (Å²) >= 11 is 8.74. The van der Waals surface area contributed by atoms with Crippen molar-refractivity contribution in [2.75, 3.05) is 26.8 Å². The number of nitrogens with one attached hydrogen (secondary N) is 1. The molecule has 194 valence electrons. The topological polar surface area (TPSA) is 69.2 Å². The standard InChI is InChI=1S/C25H24ClFN6S2.CH3F/c26-19-8-12-22(13-9-19)34-31-25(29-21-14-32(15-21)35-28)33-16-23(17-4-2-1-3-5-17)24(30-33)18-6-10-20(27)11-7-18;1-2/h1-13,21,23H,14-16,28H2,(H,29,31);1H3. The van der Waals surface area contributed by atoms with Crippen LogP contribution in [0.3, 0.4) is 0 Å². The summed E-state index contributed by atoms with van der Waals surface area (Å²) in [6.45, 7) is 2.18. The van der Waals surface area contributed by atoms with Gasteiger partial charge in [-0.25, -0.2) is 18.7 Å². The third kappa shape index (κ3) is 7.03. The number of nitrogens with two attached hydrogens (primary N) is 1. The van der Waals surface area contributed by atoms with Gasteiger partial charge in [-0.2, -0.15) is 5.10 Å². The molecule has 3 N–H and O–H groups in total. The summed E-state index contributed by atoms with van der Waals surface area (Å²) in [6, 6.07) is 24.5. The van der Waals surface area contributed by atoms with Crippen molar-refractivity contribution >= 4 is 47.4 Å². The Morgan fingerprint density at radius 2 is 1.68 bits per heavy atom. The maximum atomic E-state index is 13.6. The van der Waals surface area contributed by atoms with Gasteiger partial charge in [0.25, 0.3) is 0 Å². The summed E-state index contributed by atoms with van der Waals surface area (Å²) in [4.78, 5) is 5.98. The minimum Gasteiger partial charge on any atom is -0.295 e. The predicted octanol–water partition coefficient (Wildman–Crippen LogP) is 5.73. The lowest BCUT2D eigenvalue weighted by atomic mass is 9.91. The Morgan fingerprint density at radius 3 is 2.32 bits per heavy atom. The number of nitrogens with zero attached hydrogens (tertiary/aromatic N) is 4. The molecule has 11 heteroatoms. The highest BCUT2D eigenvalue weighted by Crippen LogP contribution is 2.30. The van der Waals surface area contributed by atoms with Crippen LogP contribution in [0.15, 0.2) is 93.9 Å². The summed E-state index contributed by atoms with van der Waals surface area (Å²) in [7, 11) is 0.500. The highest BCUT2D eigenvalue weighted by Gasteiger charge is 2.33. The quantitative estimate of drug-likeness (QED) is 0.228. The molecule has 1 fully saturated rings. The minimum atomic E-state index is -0.268. The number of halogens is 3. The van der Waals surface area contributed by atoms with Gasteiger partial charge in [0.2, 0.25) is 5.96 Å². The Balaban J connectivity index is 0.00000156. The summed E-state index contributed by atoms with van der Waals surface area (Å²) < 4.78 is 28.6. The second kappa shape index (κ2) is 13.3. The summed E-state index contributed by atoms with van der Waals surface area (Å²) in [5.41, 5.74) is 2.92. The van der Waals surface area contributed by atoms with Gasteiger partial charge in [-0.05, 0) is 59.5 Å². The number of rotatable bonds is 6. The first-order chi connectivity index (χ1) is 18.1. The van der Waals surface area contributed by atoms with Crippen LogP contribution >= 0.6 is 35.7 Å². The average molecular weight is 561 g/mol. The molecule has 6 nitrogen and oxygen atoms in total. The number of hydrogen-bond acceptors (Lipinski definition) is 6. The normalized spacial score (nSPS) is 18.1. The van der Waals surface area contributed by atoms with Crippen molar-refractivity contribution in [3.05, 3.63) is 101 Å². The third-order valence-electron chi connectivity index (χ3n) is 5.86. The van der Waals surface area contributed by atoms with E-state index in [0.29, 0.717) is 24.7 Å². The molecule has 0 bridgehead atoms. The highest BCUT2D eigenvalue weighted by atomic mass is 35.5. The number of hydrazone groups is 1. The maximum Gasteiger partial charge on any atom is 0.225 e. The number of hydrogen-bond donors (Lipinski definition) is 2. The lowest BCUT2D eigenvalue weighted by Crippen LogP contribution is -2.48. The van der Waals surface area contributed by atoms with E-state index in [1.807, 2.05) is 47.5 Å².